The Hall–Kier alpha value is -1.72. The Balaban J connectivity index is 3.05. The molecule has 1 rings (SSSR count). The fourth-order valence-electron chi connectivity index (χ4n) is 1.51. The van der Waals surface area contributed by atoms with Crippen LogP contribution in [0.4, 0.5) is 11.5 Å². The molecule has 1 amide bonds. The van der Waals surface area contributed by atoms with Gasteiger partial charge >= 0.3 is 0 Å². The maximum absolute atomic E-state index is 10.8. The van der Waals surface area contributed by atoms with Crippen molar-refractivity contribution in [3.05, 3.63) is 5.69 Å². The molecule has 6 nitrogen and oxygen atoms in total. The van der Waals surface area contributed by atoms with E-state index in [1.165, 1.54) is 0 Å². The summed E-state index contributed by atoms with van der Waals surface area (Å²) in [6.45, 7) is 4.64. The second-order valence-electron chi connectivity index (χ2n) is 3.46. The Bertz CT molecular complexity index is 371. The molecule has 0 aliphatic carbocycles. The first kappa shape index (κ1) is 11.4. The number of anilines is 2. The Morgan fingerprint density at radius 1 is 1.60 bits per heavy atom. The number of nitrogen functional groups attached to an aromatic ring is 1. The smallest absolute Gasteiger partial charge is 0.236 e. The van der Waals surface area contributed by atoms with Crippen LogP contribution in [-0.4, -0.2) is 29.3 Å². The van der Waals surface area contributed by atoms with E-state index in [1.54, 1.807) is 16.6 Å². The zero-order valence-electron chi connectivity index (χ0n) is 9.32. The fourth-order valence-corrected chi connectivity index (χ4v) is 1.51. The number of aryl methyl sites for hydroxylation is 2. The van der Waals surface area contributed by atoms with E-state index in [9.17, 15) is 4.79 Å². The lowest BCUT2D eigenvalue weighted by Crippen LogP contribution is -2.32. The number of aromatic nitrogens is 2. The van der Waals surface area contributed by atoms with Crippen molar-refractivity contribution in [1.82, 2.24) is 9.78 Å². The molecular weight excluding hydrogens is 194 g/mol. The van der Waals surface area contributed by atoms with Gasteiger partial charge in [0.15, 0.2) is 5.82 Å². The molecule has 0 atom stereocenters. The van der Waals surface area contributed by atoms with Gasteiger partial charge in [-0.05, 0) is 13.8 Å². The van der Waals surface area contributed by atoms with Crippen LogP contribution in [0.25, 0.3) is 0 Å². The van der Waals surface area contributed by atoms with Crippen molar-refractivity contribution in [2.45, 2.75) is 20.4 Å². The lowest BCUT2D eigenvalue weighted by Gasteiger charge is -2.18. The number of amides is 1. The van der Waals surface area contributed by atoms with Crippen molar-refractivity contribution in [3.63, 3.8) is 0 Å². The number of hydrogen-bond acceptors (Lipinski definition) is 4. The van der Waals surface area contributed by atoms with E-state index in [2.05, 4.69) is 5.10 Å². The van der Waals surface area contributed by atoms with E-state index in [-0.39, 0.29) is 6.54 Å². The lowest BCUT2D eigenvalue weighted by molar-refractivity contribution is -0.116. The third kappa shape index (κ3) is 2.20. The zero-order valence-corrected chi connectivity index (χ0v) is 9.32. The molecule has 15 heavy (non-hydrogen) atoms. The Morgan fingerprint density at radius 2 is 2.20 bits per heavy atom. The molecule has 0 spiro atoms. The van der Waals surface area contributed by atoms with Gasteiger partial charge in [0.1, 0.15) is 0 Å². The first-order valence-electron chi connectivity index (χ1n) is 4.79. The summed E-state index contributed by atoms with van der Waals surface area (Å²) in [7, 11) is 1.77. The topological polar surface area (TPSA) is 90.2 Å². The number of likely N-dealkylation sites (N-methyl/N-ethyl adjacent to an activating group) is 1. The molecule has 84 valence electrons. The van der Waals surface area contributed by atoms with Crippen LogP contribution in [0.15, 0.2) is 0 Å². The second-order valence-corrected chi connectivity index (χ2v) is 3.46. The van der Waals surface area contributed by atoms with Gasteiger partial charge in [-0.15, -0.1) is 0 Å². The van der Waals surface area contributed by atoms with Crippen LogP contribution in [0.5, 0.6) is 0 Å². The fraction of sp³-hybridized carbons (Fsp3) is 0.556. The van der Waals surface area contributed by atoms with Crippen LogP contribution in [-0.2, 0) is 11.3 Å². The highest BCUT2D eigenvalue weighted by Crippen LogP contribution is 2.24. The van der Waals surface area contributed by atoms with Crippen LogP contribution >= 0.6 is 0 Å². The van der Waals surface area contributed by atoms with Gasteiger partial charge < -0.3 is 16.4 Å². The van der Waals surface area contributed by atoms with Crippen LogP contribution in [0.1, 0.15) is 12.6 Å². The quantitative estimate of drug-likeness (QED) is 0.716. The molecule has 0 aromatic carbocycles. The van der Waals surface area contributed by atoms with Crippen LogP contribution in [0, 0.1) is 6.92 Å². The van der Waals surface area contributed by atoms with Crippen LogP contribution in [0.3, 0.4) is 0 Å². The SMILES string of the molecule is CCn1nc(C)c(N)c1N(C)CC(N)=O. The number of hydrogen-bond donors (Lipinski definition) is 2. The third-order valence-electron chi connectivity index (χ3n) is 2.20. The molecule has 0 fully saturated rings. The first-order valence-corrected chi connectivity index (χ1v) is 4.79. The number of rotatable bonds is 4. The minimum atomic E-state index is -0.390. The molecule has 0 saturated heterocycles. The monoisotopic (exact) mass is 211 g/mol. The van der Waals surface area contributed by atoms with E-state index in [0.717, 1.165) is 11.5 Å². The highest BCUT2D eigenvalue weighted by Gasteiger charge is 2.16. The Kier molecular flexibility index (Phi) is 3.18. The maximum atomic E-state index is 10.8. The number of carbonyl (C=O) groups is 1. The normalized spacial score (nSPS) is 10.3. The van der Waals surface area contributed by atoms with Crippen molar-refractivity contribution in [3.8, 4) is 0 Å². The van der Waals surface area contributed by atoms with Crippen LogP contribution < -0.4 is 16.4 Å². The van der Waals surface area contributed by atoms with Crippen molar-refractivity contribution >= 4 is 17.4 Å². The molecule has 0 aliphatic heterocycles. The lowest BCUT2D eigenvalue weighted by atomic mass is 10.3. The molecular formula is C9H17N5O. The number of nitrogens with zero attached hydrogens (tertiary/aromatic N) is 3. The van der Waals surface area contributed by atoms with E-state index in [0.29, 0.717) is 12.2 Å². The van der Waals surface area contributed by atoms with E-state index < -0.39 is 5.91 Å². The van der Waals surface area contributed by atoms with Crippen LogP contribution in [0.2, 0.25) is 0 Å². The van der Waals surface area contributed by atoms with Crippen molar-refractivity contribution in [2.24, 2.45) is 5.73 Å². The highest BCUT2D eigenvalue weighted by atomic mass is 16.1. The summed E-state index contributed by atoms with van der Waals surface area (Å²) in [6.07, 6.45) is 0. The van der Waals surface area contributed by atoms with Gasteiger partial charge in [0.2, 0.25) is 5.91 Å². The summed E-state index contributed by atoms with van der Waals surface area (Å²) in [5, 5.41) is 4.25. The molecule has 4 N–H and O–H groups in total. The van der Waals surface area contributed by atoms with Gasteiger partial charge in [-0.25, -0.2) is 4.68 Å². The van der Waals surface area contributed by atoms with E-state index in [4.69, 9.17) is 11.5 Å². The molecule has 0 aliphatic rings. The number of primary amides is 1. The minimum Gasteiger partial charge on any atom is -0.394 e. The highest BCUT2D eigenvalue weighted by molar-refractivity contribution is 5.80. The number of carbonyl (C=O) groups excluding carboxylic acids is 1. The minimum absolute atomic E-state index is 0.134. The molecule has 1 heterocycles. The largest absolute Gasteiger partial charge is 0.394 e. The standard InChI is InChI=1S/C9H17N5O/c1-4-14-9(8(11)6(2)12-14)13(3)5-7(10)15/h4-5,11H2,1-3H3,(H2,10,15). The van der Waals surface area contributed by atoms with Gasteiger partial charge in [-0.2, -0.15) is 5.10 Å². The number of nitrogens with two attached hydrogens (primary N) is 2. The molecule has 0 unspecified atom stereocenters. The predicted molar refractivity (Wildman–Crippen MR) is 59.5 cm³/mol. The molecule has 6 heteroatoms. The van der Waals surface area contributed by atoms with Gasteiger partial charge in [-0.1, -0.05) is 0 Å². The Labute approximate surface area is 88.8 Å². The summed E-state index contributed by atoms with van der Waals surface area (Å²) >= 11 is 0. The Morgan fingerprint density at radius 3 is 2.67 bits per heavy atom. The predicted octanol–water partition coefficient (Wildman–Crippen LogP) is -0.285. The van der Waals surface area contributed by atoms with Gasteiger partial charge in [0, 0.05) is 13.6 Å². The van der Waals surface area contributed by atoms with Gasteiger partial charge in [0.25, 0.3) is 0 Å². The first-order chi connectivity index (χ1) is 6.97. The van der Waals surface area contributed by atoms with E-state index in [1.807, 2.05) is 13.8 Å². The summed E-state index contributed by atoms with van der Waals surface area (Å²) in [6, 6.07) is 0. The molecule has 0 radical (unpaired) electrons. The molecule has 0 bridgehead atoms. The average molecular weight is 211 g/mol. The zero-order chi connectivity index (χ0) is 11.6. The van der Waals surface area contributed by atoms with E-state index >= 15 is 0 Å². The summed E-state index contributed by atoms with van der Waals surface area (Å²) in [5.74, 6) is 0.354. The summed E-state index contributed by atoms with van der Waals surface area (Å²) in [4.78, 5) is 12.5. The second kappa shape index (κ2) is 4.20. The van der Waals surface area contributed by atoms with Crippen molar-refractivity contribution < 1.29 is 4.79 Å². The van der Waals surface area contributed by atoms with Crippen molar-refractivity contribution in [2.75, 3.05) is 24.2 Å². The maximum Gasteiger partial charge on any atom is 0.236 e. The molecule has 1 aromatic rings. The third-order valence-corrected chi connectivity index (χ3v) is 2.20. The molecule has 1 aromatic heterocycles. The van der Waals surface area contributed by atoms with Gasteiger partial charge in [-0.3, -0.25) is 4.79 Å². The van der Waals surface area contributed by atoms with Crippen molar-refractivity contribution in [1.29, 1.82) is 0 Å². The summed E-state index contributed by atoms with van der Waals surface area (Å²) in [5.41, 5.74) is 12.4. The summed E-state index contributed by atoms with van der Waals surface area (Å²) < 4.78 is 1.76. The average Bonchev–Trinajstić information content (AvgIpc) is 2.41. The molecule has 0 saturated carbocycles. The van der Waals surface area contributed by atoms with Gasteiger partial charge in [0.05, 0.1) is 17.9 Å².